The number of nitrogens with one attached hydrogen (secondary N) is 1. The molecule has 4 nitrogen and oxygen atoms in total. The number of ether oxygens (including phenoxy) is 1. The first-order valence-corrected chi connectivity index (χ1v) is 12.7. The molecule has 0 amide bonds. The third kappa shape index (κ3) is 9.09. The fourth-order valence-corrected chi connectivity index (χ4v) is 3.72. The topological polar surface area (TPSA) is 39.1 Å². The first-order valence-electron chi connectivity index (χ1n) is 12.3. The van der Waals surface area contributed by atoms with Crippen LogP contribution in [0.25, 0.3) is 22.5 Å². The number of halogens is 1. The van der Waals surface area contributed by atoms with Crippen molar-refractivity contribution < 1.29 is 4.74 Å². The van der Waals surface area contributed by atoms with Gasteiger partial charge in [0.05, 0.1) is 16.8 Å². The van der Waals surface area contributed by atoms with Crippen molar-refractivity contribution in [1.29, 1.82) is 0 Å². The van der Waals surface area contributed by atoms with Crippen LogP contribution in [-0.4, -0.2) is 22.2 Å². The number of aryl methyl sites for hydroxylation is 2. The highest BCUT2D eigenvalue weighted by molar-refractivity contribution is 6.32. The minimum Gasteiger partial charge on any atom is -0.489 e. The van der Waals surface area contributed by atoms with Crippen LogP contribution in [-0.2, 0) is 7.05 Å². The summed E-state index contributed by atoms with van der Waals surface area (Å²) in [6, 6.07) is 14.1. The largest absolute Gasteiger partial charge is 0.489 e. The van der Waals surface area contributed by atoms with Crippen molar-refractivity contribution in [1.82, 2.24) is 14.9 Å². The second-order valence-electron chi connectivity index (χ2n) is 9.48. The van der Waals surface area contributed by atoms with Gasteiger partial charge in [0, 0.05) is 31.0 Å². The minimum absolute atomic E-state index is 0.113. The molecule has 0 aliphatic rings. The molecule has 0 bridgehead atoms. The molecule has 0 aliphatic heterocycles. The molecule has 0 saturated carbocycles. The summed E-state index contributed by atoms with van der Waals surface area (Å²) in [6.07, 6.45) is 4.23. The summed E-state index contributed by atoms with van der Waals surface area (Å²) in [5, 5.41) is 3.92. The Kier molecular flexibility index (Phi) is 11.1. The number of aromatic nitrogens is 2. The van der Waals surface area contributed by atoms with Crippen LogP contribution in [0.2, 0.25) is 5.02 Å². The molecule has 0 fully saturated rings. The van der Waals surface area contributed by atoms with E-state index in [1.54, 1.807) is 0 Å². The van der Waals surface area contributed by atoms with Gasteiger partial charge < -0.3 is 14.6 Å². The molecule has 0 saturated heterocycles. The van der Waals surface area contributed by atoms with Crippen molar-refractivity contribution >= 4 is 22.9 Å². The van der Waals surface area contributed by atoms with E-state index in [1.807, 2.05) is 63.7 Å². The molecule has 0 atom stereocenters. The van der Waals surface area contributed by atoms with Gasteiger partial charge in [0.15, 0.2) is 0 Å². The second-order valence-corrected chi connectivity index (χ2v) is 9.89. The van der Waals surface area contributed by atoms with E-state index in [4.69, 9.17) is 16.3 Å². The van der Waals surface area contributed by atoms with Gasteiger partial charge in [-0.1, -0.05) is 60.2 Å². The van der Waals surface area contributed by atoms with Crippen molar-refractivity contribution in [3.8, 4) is 17.0 Å². The predicted molar refractivity (Wildman–Crippen MR) is 156 cm³/mol. The van der Waals surface area contributed by atoms with Gasteiger partial charge in [-0.2, -0.15) is 0 Å². The molecule has 0 spiro atoms. The van der Waals surface area contributed by atoms with E-state index < -0.39 is 0 Å². The predicted octanol–water partition coefficient (Wildman–Crippen LogP) is 8.47. The van der Waals surface area contributed by atoms with Gasteiger partial charge in [-0.15, -0.1) is 6.58 Å². The Hall–Kier alpha value is -3.24. The Bertz CT molecular complexity index is 1190. The van der Waals surface area contributed by atoms with E-state index in [0.717, 1.165) is 53.3 Å². The van der Waals surface area contributed by atoms with Crippen LogP contribution in [0.1, 0.15) is 57.5 Å². The Balaban J connectivity index is 0.000000259. The van der Waals surface area contributed by atoms with Crippen molar-refractivity contribution in [2.75, 3.05) is 6.54 Å². The molecule has 3 rings (SSSR count). The van der Waals surface area contributed by atoms with Crippen LogP contribution in [0.3, 0.4) is 0 Å². The zero-order chi connectivity index (χ0) is 26.8. The van der Waals surface area contributed by atoms with Crippen LogP contribution < -0.4 is 10.1 Å². The molecule has 1 heterocycles. The van der Waals surface area contributed by atoms with Crippen LogP contribution in [0.15, 0.2) is 74.0 Å². The normalized spacial score (nSPS) is 10.4. The fourth-order valence-electron chi connectivity index (χ4n) is 3.50. The average molecular weight is 506 g/mol. The standard InChI is InChI=1S/C17H24ClNO.C14H16N2/c1-12(2)7-6-10-19-14(5)15-8-9-17(16(18)11-15)20-13(3)4;1-10(2)14-15-13(9-16(14)4)12-7-5-11(3)6-8-12/h8-9,11,13,19H,1,5-7,10H2,2-4H3;5-9H,1H2,2-4H3. The molecule has 36 heavy (non-hydrogen) atoms. The van der Waals surface area contributed by atoms with Crippen LogP contribution >= 0.6 is 11.6 Å². The van der Waals surface area contributed by atoms with Crippen molar-refractivity contribution in [3.63, 3.8) is 0 Å². The van der Waals surface area contributed by atoms with Crippen LogP contribution in [0.5, 0.6) is 5.75 Å². The summed E-state index contributed by atoms with van der Waals surface area (Å²) in [5.41, 5.74) is 7.47. The summed E-state index contributed by atoms with van der Waals surface area (Å²) in [6.45, 7) is 22.8. The van der Waals surface area contributed by atoms with Gasteiger partial charge in [0.1, 0.15) is 11.6 Å². The molecular formula is C31H40ClN3O. The third-order valence-electron chi connectivity index (χ3n) is 5.37. The molecule has 192 valence electrons. The smallest absolute Gasteiger partial charge is 0.138 e. The van der Waals surface area contributed by atoms with E-state index in [2.05, 4.69) is 61.2 Å². The number of hydrogen-bond acceptors (Lipinski definition) is 3. The lowest BCUT2D eigenvalue weighted by Gasteiger charge is -2.14. The summed E-state index contributed by atoms with van der Waals surface area (Å²) >= 11 is 6.21. The highest BCUT2D eigenvalue weighted by Gasteiger charge is 2.08. The van der Waals surface area contributed by atoms with Gasteiger partial charge >= 0.3 is 0 Å². The number of rotatable bonds is 10. The van der Waals surface area contributed by atoms with Gasteiger partial charge in [0.2, 0.25) is 0 Å². The van der Waals surface area contributed by atoms with E-state index >= 15 is 0 Å². The fraction of sp³-hybridized carbons (Fsp3) is 0.323. The number of allylic oxidation sites excluding steroid dienone is 2. The molecule has 0 aliphatic carbocycles. The number of nitrogens with zero attached hydrogens (tertiary/aromatic N) is 2. The maximum atomic E-state index is 6.21. The number of hydrogen-bond donors (Lipinski definition) is 1. The molecule has 3 aromatic rings. The molecular weight excluding hydrogens is 466 g/mol. The van der Waals surface area contributed by atoms with Gasteiger partial charge in [-0.05, 0) is 76.8 Å². The quantitative estimate of drug-likeness (QED) is 0.222. The van der Waals surface area contributed by atoms with Crippen LogP contribution in [0.4, 0.5) is 0 Å². The lowest BCUT2D eigenvalue weighted by atomic mass is 10.1. The molecule has 1 aromatic heterocycles. The van der Waals surface area contributed by atoms with Gasteiger partial charge in [0.25, 0.3) is 0 Å². The minimum atomic E-state index is 0.113. The Labute approximate surface area is 222 Å². The SMILES string of the molecule is C=C(C)CCCNC(=C)c1ccc(OC(C)C)c(Cl)c1.C=C(C)c1nc(-c2ccc(C)cc2)cn1C. The Morgan fingerprint density at radius 2 is 1.75 bits per heavy atom. The summed E-state index contributed by atoms with van der Waals surface area (Å²) in [7, 11) is 1.99. The van der Waals surface area contributed by atoms with Crippen molar-refractivity contribution in [2.24, 2.45) is 7.05 Å². The first kappa shape index (κ1) is 29.0. The summed E-state index contributed by atoms with van der Waals surface area (Å²) in [4.78, 5) is 4.57. The van der Waals surface area contributed by atoms with E-state index in [1.165, 1.54) is 11.1 Å². The maximum Gasteiger partial charge on any atom is 0.138 e. The zero-order valence-electron chi connectivity index (χ0n) is 22.6. The molecule has 1 N–H and O–H groups in total. The van der Waals surface area contributed by atoms with E-state index in [9.17, 15) is 0 Å². The highest BCUT2D eigenvalue weighted by atomic mass is 35.5. The highest BCUT2D eigenvalue weighted by Crippen LogP contribution is 2.28. The monoisotopic (exact) mass is 505 g/mol. The summed E-state index contributed by atoms with van der Waals surface area (Å²) in [5.74, 6) is 1.65. The maximum absolute atomic E-state index is 6.21. The molecule has 2 aromatic carbocycles. The zero-order valence-corrected chi connectivity index (χ0v) is 23.4. The average Bonchev–Trinajstić information content (AvgIpc) is 3.20. The lowest BCUT2D eigenvalue weighted by molar-refractivity contribution is 0.242. The number of benzene rings is 2. The second kappa shape index (κ2) is 13.7. The Morgan fingerprint density at radius 3 is 2.28 bits per heavy atom. The van der Waals surface area contributed by atoms with Crippen molar-refractivity contribution in [3.05, 3.63) is 95.9 Å². The van der Waals surface area contributed by atoms with Crippen molar-refractivity contribution in [2.45, 2.75) is 53.6 Å². The third-order valence-corrected chi connectivity index (χ3v) is 5.66. The van der Waals surface area contributed by atoms with E-state index in [0.29, 0.717) is 10.8 Å². The summed E-state index contributed by atoms with van der Waals surface area (Å²) < 4.78 is 7.62. The number of imidazole rings is 1. The van der Waals surface area contributed by atoms with Crippen LogP contribution in [0, 0.1) is 6.92 Å². The molecule has 5 heteroatoms. The van der Waals surface area contributed by atoms with Gasteiger partial charge in [-0.25, -0.2) is 4.98 Å². The van der Waals surface area contributed by atoms with Gasteiger partial charge in [-0.3, -0.25) is 0 Å². The first-order chi connectivity index (χ1) is 17.0. The molecule has 0 unspecified atom stereocenters. The Morgan fingerprint density at radius 1 is 1.08 bits per heavy atom. The lowest BCUT2D eigenvalue weighted by Crippen LogP contribution is -2.13. The molecule has 0 radical (unpaired) electrons. The van der Waals surface area contributed by atoms with E-state index in [-0.39, 0.29) is 6.10 Å².